The fourth-order valence-corrected chi connectivity index (χ4v) is 4.60. The summed E-state index contributed by atoms with van der Waals surface area (Å²) in [7, 11) is 0. The number of benzene rings is 2. The number of hydrogen-bond donors (Lipinski definition) is 2. The minimum Gasteiger partial charge on any atom is -0.360 e. The lowest BCUT2D eigenvalue weighted by molar-refractivity contribution is 0.0651. The summed E-state index contributed by atoms with van der Waals surface area (Å²) in [4.78, 5) is 30.6. The molecular formula is C22H23N3O2S. The normalized spacial score (nSPS) is 14.7. The van der Waals surface area contributed by atoms with Gasteiger partial charge in [0.25, 0.3) is 11.8 Å². The maximum atomic E-state index is 12.4. The van der Waals surface area contributed by atoms with Crippen LogP contribution < -0.4 is 5.73 Å². The molecule has 1 aromatic heterocycles. The van der Waals surface area contributed by atoms with E-state index < -0.39 is 0 Å². The molecule has 0 saturated carbocycles. The van der Waals surface area contributed by atoms with Crippen molar-refractivity contribution < 1.29 is 9.59 Å². The molecule has 28 heavy (non-hydrogen) atoms. The van der Waals surface area contributed by atoms with Gasteiger partial charge in [-0.1, -0.05) is 36.8 Å². The second-order valence-electron chi connectivity index (χ2n) is 7.07. The molecule has 6 heteroatoms. The summed E-state index contributed by atoms with van der Waals surface area (Å²) in [6.07, 6.45) is 4.57. The van der Waals surface area contributed by atoms with Gasteiger partial charge in [0.2, 0.25) is 0 Å². The number of amides is 2. The van der Waals surface area contributed by atoms with Crippen molar-refractivity contribution in [3.63, 3.8) is 0 Å². The molecule has 1 aliphatic rings. The Morgan fingerprint density at radius 2 is 1.64 bits per heavy atom. The van der Waals surface area contributed by atoms with Crippen molar-refractivity contribution in [1.82, 2.24) is 9.88 Å². The SMILES string of the molecule is NC(CCCCN1C(=O)c2ccccc2C1=O)CSc1c[nH]c2ccccc12. The molecule has 3 N–H and O–H groups in total. The Bertz CT molecular complexity index is 979. The lowest BCUT2D eigenvalue weighted by atomic mass is 10.1. The van der Waals surface area contributed by atoms with E-state index in [1.54, 1.807) is 36.0 Å². The number of unbranched alkanes of at least 4 members (excludes halogenated alkanes) is 1. The Morgan fingerprint density at radius 1 is 0.964 bits per heavy atom. The summed E-state index contributed by atoms with van der Waals surface area (Å²) in [5, 5.41) is 1.23. The standard InChI is InChI=1S/C22H23N3O2S/c23-15(14-28-20-13-24-19-11-4-3-10-18(19)20)7-5-6-12-25-21(26)16-8-1-2-9-17(16)22(25)27/h1-4,8-11,13,15,24H,5-7,12,14,23H2. The smallest absolute Gasteiger partial charge is 0.261 e. The van der Waals surface area contributed by atoms with Crippen molar-refractivity contribution in [2.24, 2.45) is 5.73 Å². The molecule has 2 heterocycles. The van der Waals surface area contributed by atoms with E-state index in [9.17, 15) is 9.59 Å². The zero-order chi connectivity index (χ0) is 19.5. The molecule has 0 bridgehead atoms. The summed E-state index contributed by atoms with van der Waals surface area (Å²) in [5.41, 5.74) is 8.44. The van der Waals surface area contributed by atoms with Crippen molar-refractivity contribution in [3.8, 4) is 0 Å². The number of carbonyl (C=O) groups is 2. The van der Waals surface area contributed by atoms with Crippen molar-refractivity contribution in [1.29, 1.82) is 0 Å². The molecular weight excluding hydrogens is 370 g/mol. The number of H-pyrrole nitrogens is 1. The first-order valence-electron chi connectivity index (χ1n) is 9.55. The molecule has 144 valence electrons. The first-order chi connectivity index (χ1) is 13.6. The number of thioether (sulfide) groups is 1. The van der Waals surface area contributed by atoms with Gasteiger partial charge in [0.15, 0.2) is 0 Å². The average Bonchev–Trinajstić information content (AvgIpc) is 3.24. The van der Waals surface area contributed by atoms with Gasteiger partial charge in [-0.25, -0.2) is 0 Å². The van der Waals surface area contributed by atoms with Gasteiger partial charge in [0, 0.05) is 40.3 Å². The number of carbonyl (C=O) groups excluding carboxylic acids is 2. The Kier molecular flexibility index (Phi) is 5.50. The van der Waals surface area contributed by atoms with Crippen LogP contribution in [0.1, 0.15) is 40.0 Å². The number of para-hydroxylation sites is 1. The van der Waals surface area contributed by atoms with Gasteiger partial charge in [-0.15, -0.1) is 11.8 Å². The number of rotatable bonds is 8. The highest BCUT2D eigenvalue weighted by molar-refractivity contribution is 7.99. The number of hydrogen-bond acceptors (Lipinski definition) is 4. The lowest BCUT2D eigenvalue weighted by Gasteiger charge is -2.15. The van der Waals surface area contributed by atoms with Crippen LogP contribution in [0.4, 0.5) is 0 Å². The van der Waals surface area contributed by atoms with Gasteiger partial charge in [-0.05, 0) is 31.0 Å². The van der Waals surface area contributed by atoms with Gasteiger partial charge >= 0.3 is 0 Å². The van der Waals surface area contributed by atoms with Gasteiger partial charge in [-0.3, -0.25) is 14.5 Å². The van der Waals surface area contributed by atoms with Crippen LogP contribution in [0.2, 0.25) is 0 Å². The fraction of sp³-hybridized carbons (Fsp3) is 0.273. The van der Waals surface area contributed by atoms with Crippen LogP contribution in [0.25, 0.3) is 10.9 Å². The average molecular weight is 394 g/mol. The second-order valence-corrected chi connectivity index (χ2v) is 8.13. The molecule has 1 unspecified atom stereocenters. The second kappa shape index (κ2) is 8.20. The fourth-order valence-electron chi connectivity index (χ4n) is 3.56. The van der Waals surface area contributed by atoms with Crippen LogP contribution in [-0.4, -0.2) is 40.0 Å². The highest BCUT2D eigenvalue weighted by Gasteiger charge is 2.34. The molecule has 3 aromatic rings. The number of imide groups is 1. The molecule has 0 spiro atoms. The first kappa shape index (κ1) is 18.8. The largest absolute Gasteiger partial charge is 0.360 e. The first-order valence-corrected chi connectivity index (χ1v) is 10.5. The summed E-state index contributed by atoms with van der Waals surface area (Å²) in [6, 6.07) is 15.3. The molecule has 0 radical (unpaired) electrons. The zero-order valence-electron chi connectivity index (χ0n) is 15.6. The monoisotopic (exact) mass is 393 g/mol. The van der Waals surface area contributed by atoms with Crippen LogP contribution in [0.15, 0.2) is 59.6 Å². The molecule has 2 amide bonds. The number of nitrogens with zero attached hydrogens (tertiary/aromatic N) is 1. The van der Waals surface area contributed by atoms with Gasteiger partial charge in [0.1, 0.15) is 0 Å². The molecule has 1 aliphatic heterocycles. The van der Waals surface area contributed by atoms with E-state index in [4.69, 9.17) is 5.73 Å². The van der Waals surface area contributed by atoms with Gasteiger partial charge in [0.05, 0.1) is 11.1 Å². The molecule has 5 nitrogen and oxygen atoms in total. The maximum absolute atomic E-state index is 12.4. The third-order valence-corrected chi connectivity index (χ3v) is 6.33. The van der Waals surface area contributed by atoms with E-state index in [0.29, 0.717) is 17.7 Å². The molecule has 0 saturated heterocycles. The van der Waals surface area contributed by atoms with Gasteiger partial charge in [-0.2, -0.15) is 0 Å². The number of nitrogens with one attached hydrogen (secondary N) is 1. The van der Waals surface area contributed by atoms with Crippen LogP contribution in [-0.2, 0) is 0 Å². The van der Waals surface area contributed by atoms with Crippen LogP contribution in [0.3, 0.4) is 0 Å². The van der Waals surface area contributed by atoms with Crippen molar-refractivity contribution >= 4 is 34.5 Å². The van der Waals surface area contributed by atoms with E-state index in [0.717, 1.165) is 30.5 Å². The van der Waals surface area contributed by atoms with Crippen molar-refractivity contribution in [3.05, 3.63) is 65.9 Å². The lowest BCUT2D eigenvalue weighted by Crippen LogP contribution is -2.31. The molecule has 0 fully saturated rings. The molecule has 1 atom stereocenters. The Balaban J connectivity index is 1.22. The number of nitrogens with two attached hydrogens (primary N) is 1. The highest BCUT2D eigenvalue weighted by Crippen LogP contribution is 2.28. The molecule has 2 aromatic carbocycles. The van der Waals surface area contributed by atoms with Crippen molar-refractivity contribution in [2.75, 3.05) is 12.3 Å². The Hall–Kier alpha value is -2.57. The number of aromatic amines is 1. The van der Waals surface area contributed by atoms with E-state index in [2.05, 4.69) is 17.1 Å². The molecule has 0 aliphatic carbocycles. The minimum absolute atomic E-state index is 0.0841. The van der Waals surface area contributed by atoms with E-state index in [-0.39, 0.29) is 17.9 Å². The van der Waals surface area contributed by atoms with Crippen LogP contribution in [0.5, 0.6) is 0 Å². The van der Waals surface area contributed by atoms with E-state index in [1.807, 2.05) is 18.3 Å². The number of aromatic nitrogens is 1. The van der Waals surface area contributed by atoms with Crippen LogP contribution in [0, 0.1) is 0 Å². The summed E-state index contributed by atoms with van der Waals surface area (Å²) < 4.78 is 0. The zero-order valence-corrected chi connectivity index (χ0v) is 16.4. The van der Waals surface area contributed by atoms with Crippen molar-refractivity contribution in [2.45, 2.75) is 30.2 Å². The predicted octanol–water partition coefficient (Wildman–Crippen LogP) is 4.05. The third kappa shape index (κ3) is 3.70. The number of fused-ring (bicyclic) bond motifs is 2. The van der Waals surface area contributed by atoms with Gasteiger partial charge < -0.3 is 10.7 Å². The topological polar surface area (TPSA) is 79.2 Å². The third-order valence-electron chi connectivity index (χ3n) is 5.09. The Labute approximate surface area is 168 Å². The van der Waals surface area contributed by atoms with Crippen LogP contribution >= 0.6 is 11.8 Å². The molecule has 4 rings (SSSR count). The minimum atomic E-state index is -0.181. The highest BCUT2D eigenvalue weighted by atomic mass is 32.2. The quantitative estimate of drug-likeness (QED) is 0.344. The summed E-state index contributed by atoms with van der Waals surface area (Å²) in [5.74, 6) is 0.481. The summed E-state index contributed by atoms with van der Waals surface area (Å²) >= 11 is 1.77. The summed E-state index contributed by atoms with van der Waals surface area (Å²) in [6.45, 7) is 0.453. The van der Waals surface area contributed by atoms with E-state index in [1.165, 1.54) is 15.2 Å². The Morgan fingerprint density at radius 3 is 2.39 bits per heavy atom. The van der Waals surface area contributed by atoms with E-state index >= 15 is 0 Å². The predicted molar refractivity (Wildman–Crippen MR) is 113 cm³/mol. The maximum Gasteiger partial charge on any atom is 0.261 e.